The zero-order chi connectivity index (χ0) is 17.9. The molecule has 0 bridgehead atoms. The maximum Gasteiger partial charge on any atom is 0.409 e. The molecule has 0 aromatic heterocycles. The summed E-state index contributed by atoms with van der Waals surface area (Å²) in [7, 11) is -2.06. The Morgan fingerprint density at radius 2 is 1.67 bits per heavy atom. The number of hydrogen-bond donors (Lipinski definition) is 0. The van der Waals surface area contributed by atoms with Gasteiger partial charge in [0.15, 0.2) is 0 Å². The van der Waals surface area contributed by atoms with E-state index in [4.69, 9.17) is 9.47 Å². The number of piperazine rings is 1. The van der Waals surface area contributed by atoms with Crippen LogP contribution in [0.2, 0.25) is 0 Å². The van der Waals surface area contributed by atoms with Gasteiger partial charge in [0.25, 0.3) is 0 Å². The van der Waals surface area contributed by atoms with E-state index in [1.807, 2.05) is 0 Å². The van der Waals surface area contributed by atoms with Gasteiger partial charge in [-0.25, -0.2) is 13.2 Å². The zero-order valence-corrected chi connectivity index (χ0v) is 15.4. The SMILES string of the molecule is CCOC(=O)N1CCN(S(=O)(=O)c2c(C)cc(OC)cc2C)CC1. The number of amides is 1. The molecule has 0 spiro atoms. The third-order valence-electron chi connectivity index (χ3n) is 4.03. The first-order valence-electron chi connectivity index (χ1n) is 7.88. The molecule has 7 nitrogen and oxygen atoms in total. The first kappa shape index (κ1) is 18.5. The predicted molar refractivity (Wildman–Crippen MR) is 89.8 cm³/mol. The minimum atomic E-state index is -3.61. The van der Waals surface area contributed by atoms with Crippen LogP contribution in [0.5, 0.6) is 5.75 Å². The molecule has 2 rings (SSSR count). The first-order valence-corrected chi connectivity index (χ1v) is 9.32. The van der Waals surface area contributed by atoms with Gasteiger partial charge in [0, 0.05) is 26.2 Å². The Balaban J connectivity index is 2.20. The van der Waals surface area contributed by atoms with E-state index in [0.29, 0.717) is 41.5 Å². The molecule has 1 aromatic rings. The molecule has 1 aromatic carbocycles. The van der Waals surface area contributed by atoms with Crippen molar-refractivity contribution in [1.82, 2.24) is 9.21 Å². The lowest BCUT2D eigenvalue weighted by molar-refractivity contribution is 0.0934. The van der Waals surface area contributed by atoms with Crippen molar-refractivity contribution in [3.05, 3.63) is 23.3 Å². The van der Waals surface area contributed by atoms with Crippen LogP contribution in [0.4, 0.5) is 4.79 Å². The van der Waals surface area contributed by atoms with Crippen LogP contribution in [0.1, 0.15) is 18.1 Å². The summed E-state index contributed by atoms with van der Waals surface area (Å²) in [4.78, 5) is 13.6. The normalized spacial score (nSPS) is 16.1. The molecule has 0 saturated carbocycles. The van der Waals surface area contributed by atoms with E-state index < -0.39 is 16.1 Å². The van der Waals surface area contributed by atoms with Crippen molar-refractivity contribution in [1.29, 1.82) is 0 Å². The average molecular weight is 356 g/mol. The van der Waals surface area contributed by atoms with Crippen LogP contribution in [0, 0.1) is 13.8 Å². The quantitative estimate of drug-likeness (QED) is 0.822. The van der Waals surface area contributed by atoms with Crippen molar-refractivity contribution in [3.8, 4) is 5.75 Å². The summed E-state index contributed by atoms with van der Waals surface area (Å²) in [6.07, 6.45) is -0.397. The highest BCUT2D eigenvalue weighted by Crippen LogP contribution is 2.28. The molecule has 8 heteroatoms. The minimum absolute atomic E-state index is 0.256. The Morgan fingerprint density at radius 3 is 2.12 bits per heavy atom. The number of benzene rings is 1. The number of carbonyl (C=O) groups is 1. The largest absolute Gasteiger partial charge is 0.497 e. The van der Waals surface area contributed by atoms with E-state index in [9.17, 15) is 13.2 Å². The van der Waals surface area contributed by atoms with Crippen LogP contribution >= 0.6 is 0 Å². The lowest BCUT2D eigenvalue weighted by Crippen LogP contribution is -2.50. The molecule has 1 fully saturated rings. The number of methoxy groups -OCH3 is 1. The molecule has 0 atom stereocenters. The maximum absolute atomic E-state index is 13.0. The molecule has 1 saturated heterocycles. The highest BCUT2D eigenvalue weighted by Gasteiger charge is 2.32. The Kier molecular flexibility index (Phi) is 5.71. The summed E-state index contributed by atoms with van der Waals surface area (Å²) in [5, 5.41) is 0. The van der Waals surface area contributed by atoms with Crippen molar-refractivity contribution in [2.75, 3.05) is 39.9 Å². The highest BCUT2D eigenvalue weighted by molar-refractivity contribution is 7.89. The summed E-state index contributed by atoms with van der Waals surface area (Å²) in [6, 6.07) is 3.43. The summed E-state index contributed by atoms with van der Waals surface area (Å²) >= 11 is 0. The first-order chi connectivity index (χ1) is 11.3. The fourth-order valence-electron chi connectivity index (χ4n) is 2.89. The number of hydrogen-bond acceptors (Lipinski definition) is 5. The van der Waals surface area contributed by atoms with Gasteiger partial charge in [-0.2, -0.15) is 4.31 Å². The van der Waals surface area contributed by atoms with E-state index >= 15 is 0 Å². The monoisotopic (exact) mass is 356 g/mol. The topological polar surface area (TPSA) is 76.2 Å². The Hall–Kier alpha value is -1.80. The van der Waals surface area contributed by atoms with Crippen LogP contribution in [-0.4, -0.2) is 63.6 Å². The van der Waals surface area contributed by atoms with Gasteiger partial charge < -0.3 is 14.4 Å². The lowest BCUT2D eigenvalue weighted by Gasteiger charge is -2.33. The van der Waals surface area contributed by atoms with Crippen molar-refractivity contribution in [2.24, 2.45) is 0 Å². The van der Waals surface area contributed by atoms with Crippen molar-refractivity contribution >= 4 is 16.1 Å². The van der Waals surface area contributed by atoms with Gasteiger partial charge >= 0.3 is 6.09 Å². The second-order valence-electron chi connectivity index (χ2n) is 5.68. The predicted octanol–water partition coefficient (Wildman–Crippen LogP) is 1.77. The van der Waals surface area contributed by atoms with Gasteiger partial charge in [-0.05, 0) is 44.0 Å². The highest BCUT2D eigenvalue weighted by atomic mass is 32.2. The van der Waals surface area contributed by atoms with Crippen LogP contribution in [-0.2, 0) is 14.8 Å². The average Bonchev–Trinajstić information content (AvgIpc) is 2.54. The number of sulfonamides is 1. The van der Waals surface area contributed by atoms with E-state index in [2.05, 4.69) is 0 Å². The van der Waals surface area contributed by atoms with Gasteiger partial charge in [-0.3, -0.25) is 0 Å². The second kappa shape index (κ2) is 7.40. The molecule has 1 aliphatic heterocycles. The molecule has 1 amide bonds. The molecular formula is C16H24N2O5S. The molecule has 0 N–H and O–H groups in total. The molecule has 134 valence electrons. The van der Waals surface area contributed by atoms with Crippen molar-refractivity contribution in [2.45, 2.75) is 25.7 Å². The maximum atomic E-state index is 13.0. The van der Waals surface area contributed by atoms with Crippen molar-refractivity contribution < 1.29 is 22.7 Å². The van der Waals surface area contributed by atoms with Gasteiger partial charge in [0.1, 0.15) is 5.75 Å². The minimum Gasteiger partial charge on any atom is -0.497 e. The van der Waals surface area contributed by atoms with Gasteiger partial charge in [0.2, 0.25) is 10.0 Å². The molecule has 0 aliphatic carbocycles. The number of ether oxygens (including phenoxy) is 2. The van der Waals surface area contributed by atoms with Crippen LogP contribution in [0.3, 0.4) is 0 Å². The van der Waals surface area contributed by atoms with Crippen LogP contribution < -0.4 is 4.74 Å². The molecule has 1 aliphatic rings. The zero-order valence-electron chi connectivity index (χ0n) is 14.5. The Labute approximate surface area is 143 Å². The van der Waals surface area contributed by atoms with Gasteiger partial charge in [-0.15, -0.1) is 0 Å². The summed E-state index contributed by atoms with van der Waals surface area (Å²) < 4.78 is 37.5. The smallest absolute Gasteiger partial charge is 0.409 e. The lowest BCUT2D eigenvalue weighted by atomic mass is 10.1. The second-order valence-corrected chi connectivity index (χ2v) is 7.56. The molecule has 0 unspecified atom stereocenters. The van der Waals surface area contributed by atoms with E-state index in [1.165, 1.54) is 9.21 Å². The third kappa shape index (κ3) is 3.64. The summed E-state index contributed by atoms with van der Waals surface area (Å²) in [6.45, 7) is 6.74. The fraction of sp³-hybridized carbons (Fsp3) is 0.562. The molecule has 0 radical (unpaired) electrons. The molecule has 1 heterocycles. The summed E-state index contributed by atoms with van der Waals surface area (Å²) in [5.41, 5.74) is 1.30. The van der Waals surface area contributed by atoms with Gasteiger partial charge in [0.05, 0.1) is 18.6 Å². The number of rotatable bonds is 4. The Bertz CT molecular complexity index is 686. The van der Waals surface area contributed by atoms with Crippen LogP contribution in [0.15, 0.2) is 17.0 Å². The van der Waals surface area contributed by atoms with E-state index in [-0.39, 0.29) is 13.1 Å². The molecular weight excluding hydrogens is 332 g/mol. The standard InChI is InChI=1S/C16H24N2O5S/c1-5-23-16(19)17-6-8-18(9-7-17)24(20,21)15-12(2)10-14(22-4)11-13(15)3/h10-11H,5-9H2,1-4H3. The van der Waals surface area contributed by atoms with Crippen molar-refractivity contribution in [3.63, 3.8) is 0 Å². The molecule has 24 heavy (non-hydrogen) atoms. The Morgan fingerprint density at radius 1 is 1.12 bits per heavy atom. The summed E-state index contributed by atoms with van der Waals surface area (Å²) in [5.74, 6) is 0.635. The third-order valence-corrected chi connectivity index (χ3v) is 6.24. The van der Waals surface area contributed by atoms with E-state index in [1.54, 1.807) is 40.0 Å². The fourth-order valence-corrected chi connectivity index (χ4v) is 4.72. The van der Waals surface area contributed by atoms with Gasteiger partial charge in [-0.1, -0.05) is 0 Å². The van der Waals surface area contributed by atoms with Crippen LogP contribution in [0.25, 0.3) is 0 Å². The number of carbonyl (C=O) groups excluding carboxylic acids is 1. The number of aryl methyl sites for hydroxylation is 2. The van der Waals surface area contributed by atoms with E-state index in [0.717, 1.165) is 0 Å². The number of nitrogens with zero attached hydrogens (tertiary/aromatic N) is 2.